The van der Waals surface area contributed by atoms with Crippen molar-refractivity contribution < 1.29 is 23.5 Å². The number of rotatable bonds is 10. The third-order valence-electron chi connectivity index (χ3n) is 6.14. The second-order valence-electron chi connectivity index (χ2n) is 8.49. The average molecular weight is 493 g/mol. The summed E-state index contributed by atoms with van der Waals surface area (Å²) in [5.74, 6) is 1.99. The molecule has 0 aliphatic carbocycles. The van der Waals surface area contributed by atoms with Crippen LogP contribution in [0.4, 0.5) is 4.79 Å². The van der Waals surface area contributed by atoms with Crippen LogP contribution in [0, 0.1) is 6.92 Å². The van der Waals surface area contributed by atoms with E-state index in [0.29, 0.717) is 49.4 Å². The van der Waals surface area contributed by atoms with Crippen LogP contribution in [0.5, 0.6) is 11.5 Å². The van der Waals surface area contributed by atoms with E-state index in [1.54, 1.807) is 19.1 Å². The van der Waals surface area contributed by atoms with Gasteiger partial charge in [-0.1, -0.05) is 35.0 Å². The van der Waals surface area contributed by atoms with Gasteiger partial charge in [0.05, 0.1) is 25.8 Å². The molecule has 4 rings (SSSR count). The molecule has 0 bridgehead atoms. The summed E-state index contributed by atoms with van der Waals surface area (Å²) >= 11 is 0. The van der Waals surface area contributed by atoms with E-state index in [2.05, 4.69) is 10.5 Å². The molecule has 9 heteroatoms. The van der Waals surface area contributed by atoms with Crippen LogP contribution in [0.1, 0.15) is 43.3 Å². The Morgan fingerprint density at radius 1 is 1.08 bits per heavy atom. The van der Waals surface area contributed by atoms with Gasteiger partial charge in [0.2, 0.25) is 5.82 Å². The molecule has 3 aromatic rings. The van der Waals surface area contributed by atoms with Crippen LogP contribution in [0.3, 0.4) is 0 Å². The number of allylic oxidation sites excluding steroid dienone is 1. The highest BCUT2D eigenvalue weighted by atomic mass is 16.5. The molecule has 0 fully saturated rings. The zero-order chi connectivity index (χ0) is 25.7. The molecule has 2 heterocycles. The summed E-state index contributed by atoms with van der Waals surface area (Å²) in [4.78, 5) is 19.6. The molecule has 9 nitrogen and oxygen atoms in total. The Labute approximate surface area is 211 Å². The van der Waals surface area contributed by atoms with Crippen LogP contribution in [0.25, 0.3) is 17.0 Å². The molecule has 0 saturated carbocycles. The highest BCUT2D eigenvalue weighted by Crippen LogP contribution is 2.40. The smallest absolute Gasteiger partial charge is 0.322 e. The zero-order valence-electron chi connectivity index (χ0n) is 21.3. The molecule has 190 valence electrons. The lowest BCUT2D eigenvalue weighted by Gasteiger charge is -2.35. The number of carbonyl (C=O) groups excluding carboxylic acids is 1. The van der Waals surface area contributed by atoms with Crippen molar-refractivity contribution in [3.8, 4) is 22.9 Å². The van der Waals surface area contributed by atoms with E-state index in [1.165, 1.54) is 0 Å². The Morgan fingerprint density at radius 2 is 1.89 bits per heavy atom. The highest BCUT2D eigenvalue weighted by molar-refractivity contribution is 5.87. The van der Waals surface area contributed by atoms with Gasteiger partial charge in [0.15, 0.2) is 11.5 Å². The molecule has 1 unspecified atom stereocenters. The Morgan fingerprint density at radius 3 is 2.61 bits per heavy atom. The van der Waals surface area contributed by atoms with Crippen LogP contribution in [-0.4, -0.2) is 55.0 Å². The van der Waals surface area contributed by atoms with E-state index in [9.17, 15) is 4.79 Å². The summed E-state index contributed by atoms with van der Waals surface area (Å²) < 4.78 is 22.1. The number of hydrogen-bond donors (Lipinski definition) is 1. The predicted octanol–water partition coefficient (Wildman–Crippen LogP) is 4.99. The topological polar surface area (TPSA) is 99.0 Å². The molecule has 1 aliphatic rings. The number of aromatic nitrogens is 2. The molecule has 2 aromatic carbocycles. The van der Waals surface area contributed by atoms with Crippen molar-refractivity contribution in [2.75, 3.05) is 34.0 Å². The number of benzene rings is 2. The molecule has 1 aromatic heterocycles. The predicted molar refractivity (Wildman–Crippen MR) is 136 cm³/mol. The number of urea groups is 1. The number of methoxy groups -OCH3 is 2. The van der Waals surface area contributed by atoms with Crippen molar-refractivity contribution >= 4 is 11.6 Å². The number of nitrogens with zero attached hydrogens (tertiary/aromatic N) is 3. The third kappa shape index (κ3) is 5.21. The quantitative estimate of drug-likeness (QED) is 0.398. The molecular weight excluding hydrogens is 460 g/mol. The monoisotopic (exact) mass is 492 g/mol. The summed E-state index contributed by atoms with van der Waals surface area (Å²) in [5.41, 5.74) is 4.24. The van der Waals surface area contributed by atoms with Gasteiger partial charge in [0.1, 0.15) is 0 Å². The summed E-state index contributed by atoms with van der Waals surface area (Å²) in [7, 11) is 3.16. The van der Waals surface area contributed by atoms with Crippen molar-refractivity contribution in [3.05, 3.63) is 65.2 Å². The zero-order valence-corrected chi connectivity index (χ0v) is 21.3. The van der Waals surface area contributed by atoms with E-state index in [-0.39, 0.29) is 6.03 Å². The maximum absolute atomic E-state index is 13.2. The van der Waals surface area contributed by atoms with E-state index >= 15 is 0 Å². The Bertz CT molecular complexity index is 1250. The Kier molecular flexibility index (Phi) is 7.90. The number of nitrogens with one attached hydrogen (secondary N) is 1. The fourth-order valence-electron chi connectivity index (χ4n) is 4.31. The van der Waals surface area contributed by atoms with Gasteiger partial charge >= 0.3 is 6.03 Å². The molecule has 0 saturated heterocycles. The molecule has 1 aliphatic heterocycles. The first-order chi connectivity index (χ1) is 17.5. The normalized spacial score (nSPS) is 15.8. The van der Waals surface area contributed by atoms with Gasteiger partial charge < -0.3 is 24.1 Å². The van der Waals surface area contributed by atoms with E-state index in [4.69, 9.17) is 23.7 Å². The third-order valence-corrected chi connectivity index (χ3v) is 6.14. The second-order valence-corrected chi connectivity index (χ2v) is 8.49. The number of hydrogen-bond acceptors (Lipinski definition) is 7. The van der Waals surface area contributed by atoms with Crippen molar-refractivity contribution in [2.45, 2.75) is 33.2 Å². The SMILES string of the molecule is CCOCCCN1C(=O)NC(c2ccc(OC)c(OC)c2)C(c2nc(-c3cccc(C)c3)no2)=C1C. The Hall–Kier alpha value is -3.85. The molecule has 2 amide bonds. The van der Waals surface area contributed by atoms with Gasteiger partial charge in [-0.15, -0.1) is 0 Å². The molecule has 0 radical (unpaired) electrons. The lowest BCUT2D eigenvalue weighted by Crippen LogP contribution is -2.46. The summed E-state index contributed by atoms with van der Waals surface area (Å²) in [5, 5.41) is 7.35. The number of aryl methyl sites for hydroxylation is 1. The largest absolute Gasteiger partial charge is 0.493 e. The minimum Gasteiger partial charge on any atom is -0.493 e. The summed E-state index contributed by atoms with van der Waals surface area (Å²) in [6.07, 6.45) is 0.700. The summed E-state index contributed by atoms with van der Waals surface area (Å²) in [6.45, 7) is 7.57. The first-order valence-electron chi connectivity index (χ1n) is 12.0. The molecule has 0 spiro atoms. The van der Waals surface area contributed by atoms with Crippen molar-refractivity contribution in [1.29, 1.82) is 0 Å². The van der Waals surface area contributed by atoms with Gasteiger partial charge in [-0.3, -0.25) is 4.90 Å². The number of carbonyl (C=O) groups is 1. The van der Waals surface area contributed by atoms with Crippen LogP contribution in [0.2, 0.25) is 0 Å². The van der Waals surface area contributed by atoms with E-state index in [0.717, 1.165) is 28.0 Å². The summed E-state index contributed by atoms with van der Waals surface area (Å²) in [6, 6.07) is 12.7. The first kappa shape index (κ1) is 25.2. The second kappa shape index (κ2) is 11.3. The number of amides is 2. The van der Waals surface area contributed by atoms with Crippen LogP contribution in [0.15, 0.2) is 52.7 Å². The maximum atomic E-state index is 13.2. The minimum absolute atomic E-state index is 0.203. The fraction of sp³-hybridized carbons (Fsp3) is 0.370. The van der Waals surface area contributed by atoms with Gasteiger partial charge in [-0.05, 0) is 51.0 Å². The lowest BCUT2D eigenvalue weighted by atomic mass is 9.94. The van der Waals surface area contributed by atoms with Crippen LogP contribution < -0.4 is 14.8 Å². The Balaban J connectivity index is 1.77. The van der Waals surface area contributed by atoms with Gasteiger partial charge in [0.25, 0.3) is 5.89 Å². The molecule has 1 N–H and O–H groups in total. The first-order valence-corrected chi connectivity index (χ1v) is 12.0. The lowest BCUT2D eigenvalue weighted by molar-refractivity contribution is 0.136. The van der Waals surface area contributed by atoms with Gasteiger partial charge in [-0.2, -0.15) is 4.98 Å². The average Bonchev–Trinajstić information content (AvgIpc) is 3.37. The maximum Gasteiger partial charge on any atom is 0.322 e. The number of ether oxygens (including phenoxy) is 3. The van der Waals surface area contributed by atoms with E-state index in [1.807, 2.05) is 63.2 Å². The van der Waals surface area contributed by atoms with Gasteiger partial charge in [0, 0.05) is 31.0 Å². The van der Waals surface area contributed by atoms with Crippen molar-refractivity contribution in [1.82, 2.24) is 20.4 Å². The van der Waals surface area contributed by atoms with Crippen molar-refractivity contribution in [2.24, 2.45) is 0 Å². The van der Waals surface area contributed by atoms with Crippen molar-refractivity contribution in [3.63, 3.8) is 0 Å². The molecule has 36 heavy (non-hydrogen) atoms. The minimum atomic E-state index is -0.522. The highest BCUT2D eigenvalue weighted by Gasteiger charge is 2.36. The molecular formula is C27H32N4O5. The molecule has 1 atom stereocenters. The van der Waals surface area contributed by atoms with E-state index < -0.39 is 6.04 Å². The standard InChI is InChI=1S/C27H32N4O5/c1-6-35-14-8-13-31-18(3)23(26-29-25(30-36-26)20-10-7-9-17(2)15-20)24(28-27(31)32)19-11-12-21(33-4)22(16-19)34-5/h7,9-12,15-16,24H,6,8,13-14H2,1-5H3,(H,28,32). The fourth-order valence-corrected chi connectivity index (χ4v) is 4.31. The van der Waals surface area contributed by atoms with Crippen LogP contribution in [-0.2, 0) is 4.74 Å². The van der Waals surface area contributed by atoms with Crippen LogP contribution >= 0.6 is 0 Å². The van der Waals surface area contributed by atoms with Gasteiger partial charge in [-0.25, -0.2) is 4.79 Å².